The summed E-state index contributed by atoms with van der Waals surface area (Å²) in [5.41, 5.74) is 2.45. The summed E-state index contributed by atoms with van der Waals surface area (Å²) < 4.78 is 6.09. The van der Waals surface area contributed by atoms with Crippen molar-refractivity contribution in [1.29, 1.82) is 0 Å². The van der Waals surface area contributed by atoms with Crippen LogP contribution in [-0.4, -0.2) is 18.6 Å². The van der Waals surface area contributed by atoms with E-state index >= 15 is 0 Å². The van der Waals surface area contributed by atoms with E-state index in [2.05, 4.69) is 27.3 Å². The van der Waals surface area contributed by atoms with Crippen molar-refractivity contribution in [3.8, 4) is 0 Å². The van der Waals surface area contributed by atoms with E-state index in [0.29, 0.717) is 13.0 Å². The van der Waals surface area contributed by atoms with Crippen LogP contribution >= 0.6 is 15.9 Å². The Bertz CT molecular complexity index is 406. The molecule has 0 aliphatic carbocycles. The van der Waals surface area contributed by atoms with Gasteiger partial charge in [0.25, 0.3) is 0 Å². The summed E-state index contributed by atoms with van der Waals surface area (Å²) in [4.78, 5) is 11.6. The number of benzene rings is 1. The number of carbonyl (C=O) groups is 1. The lowest BCUT2D eigenvalue weighted by atomic mass is 9.96. The minimum absolute atomic E-state index is 0.163. The molecule has 1 N–H and O–H groups in total. The molecule has 0 saturated heterocycles. The lowest BCUT2D eigenvalue weighted by Gasteiger charge is -2.25. The Labute approximate surface area is 103 Å². The van der Waals surface area contributed by atoms with Crippen molar-refractivity contribution in [3.05, 3.63) is 33.8 Å². The molecule has 0 bridgehead atoms. The molecule has 86 valence electrons. The zero-order valence-corrected chi connectivity index (χ0v) is 10.7. The molecule has 1 aliphatic heterocycles. The lowest BCUT2D eigenvalue weighted by molar-refractivity contribution is -0.145. The summed E-state index contributed by atoms with van der Waals surface area (Å²) >= 11 is 3.52. The van der Waals surface area contributed by atoms with Gasteiger partial charge >= 0.3 is 5.97 Å². The molecule has 2 rings (SSSR count). The van der Waals surface area contributed by atoms with Crippen LogP contribution in [0.25, 0.3) is 0 Å². The second-order valence-electron chi connectivity index (χ2n) is 3.77. The van der Waals surface area contributed by atoms with Gasteiger partial charge in [-0.05, 0) is 30.5 Å². The first-order valence-corrected chi connectivity index (χ1v) is 6.18. The largest absolute Gasteiger partial charge is 0.465 e. The highest BCUT2D eigenvalue weighted by Gasteiger charge is 2.26. The first-order valence-electron chi connectivity index (χ1n) is 5.38. The molecule has 0 fully saturated rings. The first-order chi connectivity index (χ1) is 7.72. The lowest BCUT2D eigenvalue weighted by Crippen LogP contribution is -2.42. The molecule has 0 radical (unpaired) electrons. The van der Waals surface area contributed by atoms with Crippen LogP contribution in [0.4, 0.5) is 0 Å². The zero-order valence-electron chi connectivity index (χ0n) is 9.13. The van der Waals surface area contributed by atoms with E-state index in [9.17, 15) is 4.79 Å². The summed E-state index contributed by atoms with van der Waals surface area (Å²) in [5.74, 6) is -0.163. The molecule has 1 heterocycles. The average Bonchev–Trinajstić information content (AvgIpc) is 2.29. The molecule has 0 amide bonds. The highest BCUT2D eigenvalue weighted by Crippen LogP contribution is 2.25. The van der Waals surface area contributed by atoms with Crippen LogP contribution in [0.5, 0.6) is 0 Å². The third-order valence-electron chi connectivity index (χ3n) is 2.73. The van der Waals surface area contributed by atoms with Gasteiger partial charge in [0, 0.05) is 11.0 Å². The maximum Gasteiger partial charge on any atom is 0.323 e. The fraction of sp³-hybridized carbons (Fsp3) is 0.417. The zero-order chi connectivity index (χ0) is 11.5. The Balaban J connectivity index is 2.17. The van der Waals surface area contributed by atoms with Crippen LogP contribution < -0.4 is 5.32 Å². The second-order valence-corrected chi connectivity index (χ2v) is 4.62. The van der Waals surface area contributed by atoms with E-state index in [4.69, 9.17) is 4.74 Å². The first kappa shape index (κ1) is 11.6. The van der Waals surface area contributed by atoms with Crippen molar-refractivity contribution >= 4 is 21.9 Å². The second kappa shape index (κ2) is 4.97. The molecule has 3 nitrogen and oxygen atoms in total. The molecule has 1 aliphatic rings. The quantitative estimate of drug-likeness (QED) is 0.844. The Morgan fingerprint density at radius 1 is 1.62 bits per heavy atom. The number of nitrogens with one attached hydrogen (secondary N) is 1. The Kier molecular flexibility index (Phi) is 3.61. The summed E-state index contributed by atoms with van der Waals surface area (Å²) in [6.07, 6.45) is 0.690. The fourth-order valence-electron chi connectivity index (χ4n) is 1.92. The molecule has 1 aromatic carbocycles. The standard InChI is InChI=1S/C12H14BrNO2/c1-2-16-12(15)11-6-9-8(7-14-11)4-3-5-10(9)13/h3-5,11,14H,2,6-7H2,1H3/t11-/m0/s1. The SMILES string of the molecule is CCOC(=O)[C@@H]1Cc2c(Br)cccc2CN1. The number of rotatable bonds is 2. The summed E-state index contributed by atoms with van der Waals surface area (Å²) in [6, 6.07) is 5.88. The number of carbonyl (C=O) groups excluding carboxylic acids is 1. The van der Waals surface area contributed by atoms with Gasteiger partial charge in [-0.1, -0.05) is 28.1 Å². The van der Waals surface area contributed by atoms with Crippen LogP contribution in [0.2, 0.25) is 0 Å². The van der Waals surface area contributed by atoms with Crippen LogP contribution in [-0.2, 0) is 22.5 Å². The molecule has 1 atom stereocenters. The number of esters is 1. The summed E-state index contributed by atoms with van der Waals surface area (Å²) in [5, 5.41) is 3.19. The van der Waals surface area contributed by atoms with Crippen molar-refractivity contribution < 1.29 is 9.53 Å². The number of fused-ring (bicyclic) bond motifs is 1. The number of hydrogen-bond donors (Lipinski definition) is 1. The molecule has 0 unspecified atom stereocenters. The molecule has 0 aromatic heterocycles. The fourth-order valence-corrected chi connectivity index (χ4v) is 2.49. The van der Waals surface area contributed by atoms with Crippen LogP contribution in [0.15, 0.2) is 22.7 Å². The molecule has 16 heavy (non-hydrogen) atoms. The van der Waals surface area contributed by atoms with Crippen molar-refractivity contribution in [2.24, 2.45) is 0 Å². The van der Waals surface area contributed by atoms with Gasteiger partial charge in [-0.2, -0.15) is 0 Å². The van der Waals surface area contributed by atoms with E-state index in [1.807, 2.05) is 19.1 Å². The highest BCUT2D eigenvalue weighted by atomic mass is 79.9. The molecule has 4 heteroatoms. The smallest absolute Gasteiger partial charge is 0.323 e. The van der Waals surface area contributed by atoms with Gasteiger partial charge in [0.1, 0.15) is 6.04 Å². The van der Waals surface area contributed by atoms with E-state index in [1.165, 1.54) is 11.1 Å². The van der Waals surface area contributed by atoms with E-state index in [1.54, 1.807) is 0 Å². The van der Waals surface area contributed by atoms with E-state index < -0.39 is 0 Å². The van der Waals surface area contributed by atoms with E-state index in [-0.39, 0.29) is 12.0 Å². The van der Waals surface area contributed by atoms with Crippen molar-refractivity contribution in [1.82, 2.24) is 5.32 Å². The minimum Gasteiger partial charge on any atom is -0.465 e. The van der Waals surface area contributed by atoms with Gasteiger partial charge in [-0.3, -0.25) is 4.79 Å². The summed E-state index contributed by atoms with van der Waals surface area (Å²) in [7, 11) is 0. The Morgan fingerprint density at radius 2 is 2.44 bits per heavy atom. The minimum atomic E-state index is -0.217. The maximum absolute atomic E-state index is 11.6. The predicted molar refractivity (Wildman–Crippen MR) is 65.1 cm³/mol. The topological polar surface area (TPSA) is 38.3 Å². The van der Waals surface area contributed by atoms with Crippen LogP contribution in [0, 0.1) is 0 Å². The van der Waals surface area contributed by atoms with Crippen molar-refractivity contribution in [3.63, 3.8) is 0 Å². The van der Waals surface area contributed by atoms with Crippen LogP contribution in [0.1, 0.15) is 18.1 Å². The molecule has 0 saturated carbocycles. The Morgan fingerprint density at radius 3 is 3.19 bits per heavy atom. The van der Waals surface area contributed by atoms with E-state index in [0.717, 1.165) is 11.0 Å². The van der Waals surface area contributed by atoms with Crippen molar-refractivity contribution in [2.75, 3.05) is 6.61 Å². The van der Waals surface area contributed by atoms with Gasteiger partial charge in [-0.25, -0.2) is 0 Å². The highest BCUT2D eigenvalue weighted by molar-refractivity contribution is 9.10. The maximum atomic E-state index is 11.6. The van der Waals surface area contributed by atoms with Crippen LogP contribution in [0.3, 0.4) is 0 Å². The molecular formula is C12H14BrNO2. The average molecular weight is 284 g/mol. The van der Waals surface area contributed by atoms with Gasteiger partial charge in [0.05, 0.1) is 6.61 Å². The predicted octanol–water partition coefficient (Wildman–Crippen LogP) is 2.03. The number of ether oxygens (including phenoxy) is 1. The molecular weight excluding hydrogens is 270 g/mol. The van der Waals surface area contributed by atoms with Crippen molar-refractivity contribution in [2.45, 2.75) is 25.9 Å². The van der Waals surface area contributed by atoms with Gasteiger partial charge < -0.3 is 10.1 Å². The molecule has 0 spiro atoms. The third kappa shape index (κ3) is 2.28. The monoisotopic (exact) mass is 283 g/mol. The van der Waals surface area contributed by atoms with Gasteiger partial charge in [0.2, 0.25) is 0 Å². The third-order valence-corrected chi connectivity index (χ3v) is 3.48. The Hall–Kier alpha value is -0.870. The normalized spacial score (nSPS) is 19.0. The van der Waals surface area contributed by atoms with Gasteiger partial charge in [-0.15, -0.1) is 0 Å². The summed E-state index contributed by atoms with van der Waals surface area (Å²) in [6.45, 7) is 2.97. The number of halogens is 1. The molecule has 1 aromatic rings. The van der Waals surface area contributed by atoms with Gasteiger partial charge in [0.15, 0.2) is 0 Å². The number of hydrogen-bond acceptors (Lipinski definition) is 3.